The Hall–Kier alpha value is -6.20. The number of nitrogens with two attached hydrogens (primary N) is 3. The van der Waals surface area contributed by atoms with Crippen LogP contribution in [0.4, 0.5) is 41.5 Å². The molecule has 5 aromatic heterocycles. The van der Waals surface area contributed by atoms with E-state index in [2.05, 4.69) is 111 Å². The Kier molecular flexibility index (Phi) is 22.2. The number of halogens is 3. The summed E-state index contributed by atoms with van der Waals surface area (Å²) >= 11 is 0. The molecule has 0 aliphatic rings. The molecule has 18 heteroatoms. The van der Waals surface area contributed by atoms with Gasteiger partial charge in [0.05, 0.1) is 7.11 Å². The second-order valence-corrected chi connectivity index (χ2v) is 15.6. The van der Waals surface area contributed by atoms with Crippen LogP contribution in [0, 0.1) is 20.8 Å². The van der Waals surface area contributed by atoms with Crippen molar-refractivity contribution in [3.8, 4) is 6.01 Å². The molecule has 0 aliphatic carbocycles. The summed E-state index contributed by atoms with van der Waals surface area (Å²) in [6, 6.07) is 7.20. The average Bonchev–Trinajstić information content (AvgIpc) is 3.18. The normalized spacial score (nSPS) is 10.8. The molecule has 0 radical (unpaired) electrons. The number of nitrogen functional groups attached to an aromatic ring is 3. The molecule has 0 bridgehead atoms. The zero-order valence-corrected chi connectivity index (χ0v) is 38.8. The lowest BCUT2D eigenvalue weighted by Crippen LogP contribution is -2.25. The fourth-order valence-electron chi connectivity index (χ4n) is 5.45. The molecule has 2 amide bonds. The third-order valence-electron chi connectivity index (χ3n) is 8.86. The highest BCUT2D eigenvalue weighted by Crippen LogP contribution is 2.34. The number of ether oxygens (including phenoxy) is 1. The molecule has 5 heterocycles. The molecule has 0 aromatic carbocycles. The van der Waals surface area contributed by atoms with Crippen LogP contribution < -0.4 is 32.6 Å². The zero-order chi connectivity index (χ0) is 47.5. The van der Waals surface area contributed by atoms with Gasteiger partial charge in [0, 0.05) is 54.5 Å². The number of hydrogen-bond acceptors (Lipinski definition) is 13. The predicted octanol–water partition coefficient (Wildman–Crippen LogP) is 9.66. The van der Waals surface area contributed by atoms with E-state index in [1.807, 2.05) is 45.0 Å². The van der Waals surface area contributed by atoms with E-state index in [-0.39, 0.29) is 23.5 Å². The maximum atomic E-state index is 12.6. The van der Waals surface area contributed by atoms with Crippen molar-refractivity contribution in [1.82, 2.24) is 45.2 Å². The SMILES string of the molecule is CNC(=O)Nc1ncc(C(C)C)cn1.COc1ncc(C(C)C)c(C(F)(F)F)n1.Cc1nc(N)ccc1C(C)C.Cc1nc(N)ccc1C(C)C.Cc1nc(N)ncc1C(C)C. The van der Waals surface area contributed by atoms with Crippen molar-refractivity contribution in [2.24, 2.45) is 0 Å². The Labute approximate surface area is 364 Å². The van der Waals surface area contributed by atoms with Gasteiger partial charge in [0.2, 0.25) is 11.9 Å². The van der Waals surface area contributed by atoms with Crippen LogP contribution in [-0.4, -0.2) is 60.1 Å². The van der Waals surface area contributed by atoms with Gasteiger partial charge in [-0.1, -0.05) is 81.4 Å². The highest BCUT2D eigenvalue weighted by atomic mass is 19.4. The minimum atomic E-state index is -4.48. The largest absolute Gasteiger partial charge is 0.467 e. The number of carbonyl (C=O) groups excluding carboxylic acids is 1. The molecule has 15 nitrogen and oxygen atoms in total. The standard InChI is InChI=1S/C9H11F3N2O.C9H14N4O.2C9H14N2.C8H13N3/c1-5(2)6-4-13-8(15-3)14-7(6)9(10,11)12;1-6(2)7-4-11-8(12-5-7)13-9(14)10-3;2*1-6(2)8-4-5-9(10)11-7(8)3;1-5(2)7-4-10-8(9)11-6(7)3/h4-5H,1-3H3;4-6H,1-3H3,(H2,10,11,12,13,14);2*4-6H,1-3H3,(H2,10,11);4-5H,1-3H3,(H2,9,10,11). The second kappa shape index (κ2) is 25.5. The molecular weight excluding hydrogens is 800 g/mol. The van der Waals surface area contributed by atoms with Gasteiger partial charge in [-0.3, -0.25) is 5.32 Å². The number of carbonyl (C=O) groups is 1. The Morgan fingerprint density at radius 3 is 1.39 bits per heavy atom. The van der Waals surface area contributed by atoms with Crippen LogP contribution in [0.15, 0.2) is 49.1 Å². The van der Waals surface area contributed by atoms with Crippen LogP contribution in [0.1, 0.15) is 149 Å². The second-order valence-electron chi connectivity index (χ2n) is 15.6. The summed E-state index contributed by atoms with van der Waals surface area (Å²) in [6.45, 7) is 26.2. The van der Waals surface area contributed by atoms with E-state index >= 15 is 0 Å². The predicted molar refractivity (Wildman–Crippen MR) is 242 cm³/mol. The van der Waals surface area contributed by atoms with E-state index in [4.69, 9.17) is 17.2 Å². The van der Waals surface area contributed by atoms with E-state index in [1.54, 1.807) is 32.4 Å². The smallest absolute Gasteiger partial charge is 0.433 e. The number of rotatable bonds is 7. The average molecular weight is 866 g/mol. The lowest BCUT2D eigenvalue weighted by Gasteiger charge is -2.14. The summed E-state index contributed by atoms with van der Waals surface area (Å²) in [7, 11) is 2.77. The number of alkyl halides is 3. The number of anilines is 4. The number of nitrogens with zero attached hydrogens (tertiary/aromatic N) is 8. The van der Waals surface area contributed by atoms with Gasteiger partial charge >= 0.3 is 18.2 Å². The first-order valence-electron chi connectivity index (χ1n) is 20.2. The molecular formula is C44H66F3N13O2. The highest BCUT2D eigenvalue weighted by Gasteiger charge is 2.37. The maximum absolute atomic E-state index is 12.6. The summed E-state index contributed by atoms with van der Waals surface area (Å²) in [6.07, 6.45) is 1.89. The molecule has 0 fully saturated rings. The Morgan fingerprint density at radius 1 is 0.597 bits per heavy atom. The minimum absolute atomic E-state index is 0.0725. The summed E-state index contributed by atoms with van der Waals surface area (Å²) < 4.78 is 42.3. The third kappa shape index (κ3) is 18.6. The number of aromatic nitrogens is 8. The fourth-order valence-corrected chi connectivity index (χ4v) is 5.45. The van der Waals surface area contributed by atoms with Gasteiger partial charge < -0.3 is 27.3 Å². The fraction of sp³-hybridized carbons (Fsp3) is 0.477. The molecule has 62 heavy (non-hydrogen) atoms. The van der Waals surface area contributed by atoms with E-state index in [1.165, 1.54) is 30.8 Å². The van der Waals surface area contributed by atoms with Crippen molar-refractivity contribution < 1.29 is 22.7 Å². The molecule has 340 valence electrons. The summed E-state index contributed by atoms with van der Waals surface area (Å²) in [5.41, 5.74) is 23.4. The van der Waals surface area contributed by atoms with Crippen LogP contribution >= 0.6 is 0 Å². The number of hydrogen-bond donors (Lipinski definition) is 5. The zero-order valence-electron chi connectivity index (χ0n) is 38.8. The van der Waals surface area contributed by atoms with Crippen molar-refractivity contribution in [3.63, 3.8) is 0 Å². The first-order chi connectivity index (χ1) is 28.8. The van der Waals surface area contributed by atoms with Crippen LogP contribution in [0.2, 0.25) is 0 Å². The van der Waals surface area contributed by atoms with Gasteiger partial charge in [-0.2, -0.15) is 18.2 Å². The number of aryl methyl sites for hydroxylation is 3. The van der Waals surface area contributed by atoms with E-state index in [9.17, 15) is 18.0 Å². The van der Waals surface area contributed by atoms with Crippen LogP contribution in [0.3, 0.4) is 0 Å². The lowest BCUT2D eigenvalue weighted by atomic mass is 10.0. The highest BCUT2D eigenvalue weighted by molar-refractivity contribution is 5.86. The maximum Gasteiger partial charge on any atom is 0.433 e. The molecule has 0 atom stereocenters. The monoisotopic (exact) mass is 866 g/mol. The van der Waals surface area contributed by atoms with Crippen molar-refractivity contribution in [1.29, 1.82) is 0 Å². The van der Waals surface area contributed by atoms with Gasteiger partial charge in [0.15, 0.2) is 5.69 Å². The molecule has 0 saturated carbocycles. The third-order valence-corrected chi connectivity index (χ3v) is 8.86. The van der Waals surface area contributed by atoms with Gasteiger partial charge in [0.25, 0.3) is 0 Å². The van der Waals surface area contributed by atoms with Gasteiger partial charge in [0.1, 0.15) is 11.6 Å². The molecule has 0 aliphatic heterocycles. The van der Waals surface area contributed by atoms with Crippen molar-refractivity contribution in [3.05, 3.63) is 99.6 Å². The van der Waals surface area contributed by atoms with Gasteiger partial charge in [-0.15, -0.1) is 0 Å². The van der Waals surface area contributed by atoms with Crippen LogP contribution in [-0.2, 0) is 6.18 Å². The van der Waals surface area contributed by atoms with Crippen LogP contribution in [0.5, 0.6) is 6.01 Å². The summed E-state index contributed by atoms with van der Waals surface area (Å²) in [4.78, 5) is 42.2. The number of amides is 2. The number of urea groups is 1. The lowest BCUT2D eigenvalue weighted by molar-refractivity contribution is -0.142. The number of nitrogens with one attached hydrogen (secondary N) is 2. The first-order valence-corrected chi connectivity index (χ1v) is 20.2. The molecule has 0 spiro atoms. The van der Waals surface area contributed by atoms with Crippen molar-refractivity contribution in [2.75, 3.05) is 36.7 Å². The van der Waals surface area contributed by atoms with Gasteiger partial charge in [-0.25, -0.2) is 39.7 Å². The first kappa shape index (κ1) is 53.8. The molecule has 8 N–H and O–H groups in total. The van der Waals surface area contributed by atoms with Crippen LogP contribution in [0.25, 0.3) is 0 Å². The number of methoxy groups -OCH3 is 1. The molecule has 5 aromatic rings. The minimum Gasteiger partial charge on any atom is -0.467 e. The van der Waals surface area contributed by atoms with Crippen molar-refractivity contribution in [2.45, 2.75) is 126 Å². The Balaban J connectivity index is 0.000000390. The Bertz CT molecular complexity index is 2000. The number of pyridine rings is 2. The van der Waals surface area contributed by atoms with Gasteiger partial charge in [-0.05, 0) is 84.7 Å². The van der Waals surface area contributed by atoms with E-state index < -0.39 is 11.9 Å². The van der Waals surface area contributed by atoms with E-state index in [0.29, 0.717) is 47.2 Å². The quantitative estimate of drug-likeness (QED) is 0.103. The summed E-state index contributed by atoms with van der Waals surface area (Å²) in [5, 5.41) is 4.91. The molecule has 0 saturated heterocycles. The molecule has 0 unspecified atom stereocenters. The summed E-state index contributed by atoms with van der Waals surface area (Å²) in [5.74, 6) is 3.51. The molecule has 5 rings (SSSR count). The van der Waals surface area contributed by atoms with Crippen molar-refractivity contribution >= 4 is 29.6 Å². The topological polar surface area (TPSA) is 232 Å². The Morgan fingerprint density at radius 2 is 1.03 bits per heavy atom. The van der Waals surface area contributed by atoms with E-state index in [0.717, 1.165) is 28.8 Å².